The van der Waals surface area contributed by atoms with Gasteiger partial charge in [-0.05, 0) is 48.1 Å². The van der Waals surface area contributed by atoms with Crippen molar-refractivity contribution in [3.05, 3.63) is 56.2 Å². The molecule has 0 unspecified atom stereocenters. The summed E-state index contributed by atoms with van der Waals surface area (Å²) in [6.07, 6.45) is 2.49. The molecule has 1 aliphatic heterocycles. The molecule has 0 radical (unpaired) electrons. The van der Waals surface area contributed by atoms with Crippen molar-refractivity contribution in [3.63, 3.8) is 0 Å². The molecule has 2 amide bonds. The molecule has 1 aromatic carbocycles. The molecule has 2 atom stereocenters. The summed E-state index contributed by atoms with van der Waals surface area (Å²) in [5.41, 5.74) is 0.294. The number of thiophene rings is 1. The van der Waals surface area contributed by atoms with E-state index in [1.54, 1.807) is 35.2 Å². The molecule has 0 saturated carbocycles. The Morgan fingerprint density at radius 3 is 2.69 bits per heavy atom. The van der Waals surface area contributed by atoms with Gasteiger partial charge in [0.05, 0.1) is 29.8 Å². The van der Waals surface area contributed by atoms with Gasteiger partial charge in [-0.25, -0.2) is 0 Å². The van der Waals surface area contributed by atoms with Gasteiger partial charge in [0.15, 0.2) is 0 Å². The van der Waals surface area contributed by atoms with Gasteiger partial charge in [0, 0.05) is 29.5 Å². The monoisotopic (exact) mass is 515 g/mol. The number of halogens is 2. The molecular formula is C22H27Cl2N3O3S2. The van der Waals surface area contributed by atoms with Crippen molar-refractivity contribution in [1.82, 2.24) is 15.5 Å². The van der Waals surface area contributed by atoms with Gasteiger partial charge in [-0.1, -0.05) is 29.3 Å². The largest absolute Gasteiger partial charge is 0.379 e. The second-order valence-corrected chi connectivity index (χ2v) is 10.2. The summed E-state index contributed by atoms with van der Waals surface area (Å²) >= 11 is 15.4. The van der Waals surface area contributed by atoms with Gasteiger partial charge in [-0.3, -0.25) is 14.5 Å². The van der Waals surface area contributed by atoms with Crippen molar-refractivity contribution < 1.29 is 14.3 Å². The number of morpholine rings is 1. The molecule has 6 nitrogen and oxygen atoms in total. The summed E-state index contributed by atoms with van der Waals surface area (Å²) in [5.74, 6) is 0.146. The van der Waals surface area contributed by atoms with Crippen LogP contribution < -0.4 is 10.6 Å². The number of carbonyl (C=O) groups excluding carboxylic acids is 2. The third-order valence-corrected chi connectivity index (χ3v) is 7.40. The molecule has 1 aromatic heterocycles. The average Bonchev–Trinajstić information content (AvgIpc) is 3.31. The minimum absolute atomic E-state index is 0.0745. The Balaban J connectivity index is 1.67. The van der Waals surface area contributed by atoms with Crippen LogP contribution >= 0.6 is 46.3 Å². The summed E-state index contributed by atoms with van der Waals surface area (Å²) in [6.45, 7) is 3.47. The third kappa shape index (κ3) is 7.10. The Bertz CT molecular complexity index is 893. The van der Waals surface area contributed by atoms with Crippen LogP contribution in [0.2, 0.25) is 10.0 Å². The smallest absolute Gasteiger partial charge is 0.253 e. The Morgan fingerprint density at radius 2 is 2.03 bits per heavy atom. The van der Waals surface area contributed by atoms with Crippen molar-refractivity contribution in [2.24, 2.45) is 0 Å². The van der Waals surface area contributed by atoms with E-state index in [9.17, 15) is 9.59 Å². The lowest BCUT2D eigenvalue weighted by Gasteiger charge is -2.34. The van der Waals surface area contributed by atoms with Gasteiger partial charge in [0.2, 0.25) is 5.91 Å². The van der Waals surface area contributed by atoms with Crippen LogP contribution in [-0.4, -0.2) is 67.6 Å². The van der Waals surface area contributed by atoms with E-state index in [0.717, 1.165) is 18.8 Å². The van der Waals surface area contributed by atoms with Crippen LogP contribution in [0.4, 0.5) is 0 Å². The second-order valence-electron chi connectivity index (χ2n) is 7.36. The molecule has 2 heterocycles. The van der Waals surface area contributed by atoms with Crippen molar-refractivity contribution in [1.29, 1.82) is 0 Å². The maximum absolute atomic E-state index is 13.1. The summed E-state index contributed by atoms with van der Waals surface area (Å²) in [6, 6.07) is 8.21. The van der Waals surface area contributed by atoms with Gasteiger partial charge in [-0.15, -0.1) is 11.3 Å². The molecule has 2 aromatic rings. The highest BCUT2D eigenvalue weighted by Crippen LogP contribution is 2.25. The highest BCUT2D eigenvalue weighted by atomic mass is 35.5. The number of ether oxygens (including phenoxy) is 1. The number of thioether (sulfide) groups is 1. The zero-order chi connectivity index (χ0) is 22.9. The topological polar surface area (TPSA) is 70.7 Å². The Hall–Kier alpha value is -1.29. The van der Waals surface area contributed by atoms with Gasteiger partial charge >= 0.3 is 0 Å². The lowest BCUT2D eigenvalue weighted by atomic mass is 10.1. The van der Waals surface area contributed by atoms with Gasteiger partial charge in [-0.2, -0.15) is 11.8 Å². The quantitative estimate of drug-likeness (QED) is 0.498. The van der Waals surface area contributed by atoms with E-state index in [0.29, 0.717) is 36.8 Å². The lowest BCUT2D eigenvalue weighted by Crippen LogP contribution is -2.50. The molecular weight excluding hydrogens is 489 g/mol. The maximum atomic E-state index is 13.1. The number of hydrogen-bond donors (Lipinski definition) is 2. The van der Waals surface area contributed by atoms with E-state index in [1.807, 2.05) is 17.7 Å². The van der Waals surface area contributed by atoms with Crippen LogP contribution in [0.15, 0.2) is 35.7 Å². The molecule has 0 spiro atoms. The van der Waals surface area contributed by atoms with E-state index in [2.05, 4.69) is 21.6 Å². The molecule has 1 aliphatic rings. The second kappa shape index (κ2) is 12.8. The van der Waals surface area contributed by atoms with Crippen LogP contribution in [0.25, 0.3) is 0 Å². The minimum Gasteiger partial charge on any atom is -0.379 e. The lowest BCUT2D eigenvalue weighted by molar-refractivity contribution is -0.123. The van der Waals surface area contributed by atoms with Crippen molar-refractivity contribution >= 4 is 58.1 Å². The molecule has 10 heteroatoms. The third-order valence-electron chi connectivity index (χ3n) is 5.24. The summed E-state index contributed by atoms with van der Waals surface area (Å²) in [7, 11) is 0. The SMILES string of the molecule is CSCC[C@@H](NC(=O)c1ccc(Cl)cc1Cl)C(=O)NC[C@H](c1cccs1)N1CCOCC1. The fraction of sp³-hybridized carbons (Fsp3) is 0.455. The molecule has 32 heavy (non-hydrogen) atoms. The summed E-state index contributed by atoms with van der Waals surface area (Å²) < 4.78 is 5.48. The van der Waals surface area contributed by atoms with E-state index >= 15 is 0 Å². The number of nitrogens with zero attached hydrogens (tertiary/aromatic N) is 1. The standard InChI is InChI=1S/C22H27Cl2N3O3S2/c1-31-12-6-18(26-21(28)16-5-4-15(23)13-17(16)24)22(29)25-14-19(20-3-2-11-32-20)27-7-9-30-10-8-27/h2-5,11,13,18-19H,6-10,12,14H2,1H3,(H,25,29)(H,26,28)/t18-,19-/m1/s1. The predicted octanol–water partition coefficient (Wildman–Crippen LogP) is 4.10. The number of benzene rings is 1. The van der Waals surface area contributed by atoms with Crippen molar-refractivity contribution in [2.75, 3.05) is 44.9 Å². The summed E-state index contributed by atoms with van der Waals surface area (Å²) in [4.78, 5) is 29.4. The van der Waals surface area contributed by atoms with Crippen molar-refractivity contribution in [2.45, 2.75) is 18.5 Å². The highest BCUT2D eigenvalue weighted by Gasteiger charge is 2.27. The predicted molar refractivity (Wildman–Crippen MR) is 133 cm³/mol. The number of carbonyl (C=O) groups is 2. The molecule has 174 valence electrons. The zero-order valence-electron chi connectivity index (χ0n) is 17.8. The fourth-order valence-electron chi connectivity index (χ4n) is 3.51. The van der Waals surface area contributed by atoms with E-state index in [4.69, 9.17) is 27.9 Å². The molecule has 1 fully saturated rings. The van der Waals surface area contributed by atoms with Crippen LogP contribution in [-0.2, 0) is 9.53 Å². The van der Waals surface area contributed by atoms with Crippen LogP contribution in [0, 0.1) is 0 Å². The van der Waals surface area contributed by atoms with Gasteiger partial charge < -0.3 is 15.4 Å². The molecule has 2 N–H and O–H groups in total. The number of hydrogen-bond acceptors (Lipinski definition) is 6. The number of amides is 2. The van der Waals surface area contributed by atoms with E-state index in [1.165, 1.54) is 10.9 Å². The highest BCUT2D eigenvalue weighted by molar-refractivity contribution is 7.98. The Labute approximate surface area is 207 Å². The summed E-state index contributed by atoms with van der Waals surface area (Å²) in [5, 5.41) is 8.66. The van der Waals surface area contributed by atoms with E-state index < -0.39 is 11.9 Å². The Kier molecular flexibility index (Phi) is 10.1. The first-order valence-corrected chi connectivity index (χ1v) is 13.4. The van der Waals surface area contributed by atoms with Crippen LogP contribution in [0.5, 0.6) is 0 Å². The van der Waals surface area contributed by atoms with Gasteiger partial charge in [0.25, 0.3) is 5.91 Å². The molecule has 0 bridgehead atoms. The first-order chi connectivity index (χ1) is 15.5. The molecule has 0 aliphatic carbocycles. The van der Waals surface area contributed by atoms with Gasteiger partial charge in [0.1, 0.15) is 6.04 Å². The number of rotatable bonds is 10. The van der Waals surface area contributed by atoms with Crippen molar-refractivity contribution in [3.8, 4) is 0 Å². The average molecular weight is 517 g/mol. The molecule has 3 rings (SSSR count). The Morgan fingerprint density at radius 1 is 1.25 bits per heavy atom. The zero-order valence-corrected chi connectivity index (χ0v) is 21.0. The first-order valence-electron chi connectivity index (χ1n) is 10.4. The maximum Gasteiger partial charge on any atom is 0.253 e. The first kappa shape index (κ1) is 25.3. The van der Waals surface area contributed by atoms with Crippen LogP contribution in [0.3, 0.4) is 0 Å². The number of nitrogens with one attached hydrogen (secondary N) is 2. The van der Waals surface area contributed by atoms with Crippen LogP contribution in [0.1, 0.15) is 27.7 Å². The minimum atomic E-state index is -0.657. The van der Waals surface area contributed by atoms with E-state index in [-0.39, 0.29) is 17.0 Å². The molecule has 1 saturated heterocycles. The fourth-order valence-corrected chi connectivity index (χ4v) is 5.34. The normalized spacial score (nSPS) is 16.3.